The smallest absolute Gasteiger partial charge is 0.263 e. The van der Waals surface area contributed by atoms with E-state index in [1.54, 1.807) is 18.2 Å². The summed E-state index contributed by atoms with van der Waals surface area (Å²) in [5, 5.41) is 2.92. The summed E-state index contributed by atoms with van der Waals surface area (Å²) in [6.07, 6.45) is 0.521. The molecule has 2 aromatic carbocycles. The first-order chi connectivity index (χ1) is 13.3. The van der Waals surface area contributed by atoms with Crippen LogP contribution in [-0.4, -0.2) is 26.2 Å². The van der Waals surface area contributed by atoms with Crippen LogP contribution in [0.25, 0.3) is 0 Å². The van der Waals surface area contributed by atoms with Gasteiger partial charge in [-0.2, -0.15) is 0 Å². The lowest BCUT2D eigenvalue weighted by Gasteiger charge is -2.16. The second-order valence-electron chi connectivity index (χ2n) is 7.43. The van der Waals surface area contributed by atoms with Gasteiger partial charge in [0, 0.05) is 12.1 Å². The van der Waals surface area contributed by atoms with E-state index >= 15 is 0 Å². The maximum absolute atomic E-state index is 12.8. The fourth-order valence-electron chi connectivity index (χ4n) is 3.06. The lowest BCUT2D eigenvalue weighted by Crippen LogP contribution is -2.36. The number of nitrogens with zero attached hydrogens (tertiary/aromatic N) is 1. The van der Waals surface area contributed by atoms with E-state index in [1.165, 1.54) is 6.07 Å². The second kappa shape index (κ2) is 8.14. The Kier molecular flexibility index (Phi) is 5.84. The van der Waals surface area contributed by atoms with E-state index in [0.29, 0.717) is 18.5 Å². The molecule has 0 radical (unpaired) electrons. The Labute approximate surface area is 166 Å². The van der Waals surface area contributed by atoms with Gasteiger partial charge in [-0.25, -0.2) is 8.42 Å². The van der Waals surface area contributed by atoms with E-state index in [1.807, 2.05) is 45.0 Å². The van der Waals surface area contributed by atoms with Crippen LogP contribution in [0.1, 0.15) is 37.0 Å². The third-order valence-electron chi connectivity index (χ3n) is 4.53. The zero-order chi connectivity index (χ0) is 20.3. The molecule has 1 amide bonds. The molecule has 1 aliphatic rings. The molecule has 1 heterocycles. The fraction of sp³-hybridized carbons (Fsp3) is 0.333. The highest BCUT2D eigenvalue weighted by molar-refractivity contribution is 7.90. The standard InChI is InChI=1S/C21H25N3O3S/c1-14(2)12-18(21(25)22-13-16-10-8-15(3)9-11-16)23-20-17-6-4-5-7-19(17)28(26,27)24-20/h4-11,14,18H,12-13H2,1-3H3,(H,22,25)(H,23,24)/t18-/m0/s1. The number of aliphatic imine (C=N–C) groups is 1. The van der Waals surface area contributed by atoms with Gasteiger partial charge in [-0.05, 0) is 37.0 Å². The summed E-state index contributed by atoms with van der Waals surface area (Å²) in [5.74, 6) is 0.241. The number of hydrogen-bond acceptors (Lipinski definition) is 4. The van der Waals surface area contributed by atoms with Crippen molar-refractivity contribution < 1.29 is 13.2 Å². The van der Waals surface area contributed by atoms with Crippen LogP contribution in [0.4, 0.5) is 0 Å². The average Bonchev–Trinajstić information content (AvgIpc) is 2.91. The minimum Gasteiger partial charge on any atom is -0.350 e. The Morgan fingerprint density at radius 2 is 1.79 bits per heavy atom. The van der Waals surface area contributed by atoms with Gasteiger partial charge >= 0.3 is 0 Å². The topological polar surface area (TPSA) is 87.6 Å². The number of benzene rings is 2. The number of aryl methyl sites for hydroxylation is 1. The molecule has 2 N–H and O–H groups in total. The van der Waals surface area contributed by atoms with E-state index < -0.39 is 16.1 Å². The van der Waals surface area contributed by atoms with E-state index in [4.69, 9.17) is 0 Å². The van der Waals surface area contributed by atoms with Gasteiger partial charge in [0.1, 0.15) is 11.9 Å². The third-order valence-corrected chi connectivity index (χ3v) is 5.93. The van der Waals surface area contributed by atoms with E-state index in [2.05, 4.69) is 15.0 Å². The molecule has 28 heavy (non-hydrogen) atoms. The predicted molar refractivity (Wildman–Crippen MR) is 110 cm³/mol. The highest BCUT2D eigenvalue weighted by Crippen LogP contribution is 2.23. The molecule has 0 aliphatic carbocycles. The van der Waals surface area contributed by atoms with Crippen molar-refractivity contribution in [3.05, 3.63) is 65.2 Å². The summed E-state index contributed by atoms with van der Waals surface area (Å²) in [4.78, 5) is 17.5. The van der Waals surface area contributed by atoms with Crippen LogP contribution in [0.5, 0.6) is 0 Å². The van der Waals surface area contributed by atoms with Crippen LogP contribution in [0, 0.1) is 12.8 Å². The van der Waals surface area contributed by atoms with Gasteiger partial charge < -0.3 is 5.32 Å². The quantitative estimate of drug-likeness (QED) is 0.783. The summed E-state index contributed by atoms with van der Waals surface area (Å²) in [6.45, 7) is 6.43. The normalized spacial score (nSPS) is 17.2. The van der Waals surface area contributed by atoms with E-state index in [9.17, 15) is 13.2 Å². The van der Waals surface area contributed by atoms with Gasteiger partial charge in [0.2, 0.25) is 5.91 Å². The Morgan fingerprint density at radius 3 is 2.46 bits per heavy atom. The highest BCUT2D eigenvalue weighted by Gasteiger charge is 2.32. The summed E-state index contributed by atoms with van der Waals surface area (Å²) >= 11 is 0. The van der Waals surface area contributed by atoms with E-state index in [0.717, 1.165) is 11.1 Å². The van der Waals surface area contributed by atoms with Crippen LogP contribution in [0.15, 0.2) is 58.4 Å². The average molecular weight is 400 g/mol. The zero-order valence-electron chi connectivity index (χ0n) is 16.3. The molecule has 6 nitrogen and oxygen atoms in total. The zero-order valence-corrected chi connectivity index (χ0v) is 17.1. The van der Waals surface area contributed by atoms with Crippen LogP contribution in [0.3, 0.4) is 0 Å². The maximum atomic E-state index is 12.8. The fourth-order valence-corrected chi connectivity index (χ4v) is 4.30. The molecular formula is C21H25N3O3S. The number of amides is 1. The van der Waals surface area contributed by atoms with E-state index in [-0.39, 0.29) is 22.6 Å². The number of carbonyl (C=O) groups excluding carboxylic acids is 1. The summed E-state index contributed by atoms with van der Waals surface area (Å²) in [6, 6.07) is 13.9. The lowest BCUT2D eigenvalue weighted by atomic mass is 10.0. The molecule has 0 saturated heterocycles. The van der Waals surface area contributed by atoms with Crippen LogP contribution < -0.4 is 10.0 Å². The molecule has 1 atom stereocenters. The molecule has 0 aromatic heterocycles. The van der Waals surface area contributed by atoms with Crippen LogP contribution >= 0.6 is 0 Å². The lowest BCUT2D eigenvalue weighted by molar-refractivity contribution is -0.122. The van der Waals surface area contributed by atoms with Gasteiger partial charge in [0.25, 0.3) is 10.0 Å². The van der Waals surface area contributed by atoms with Gasteiger partial charge in [0.15, 0.2) is 0 Å². The minimum absolute atomic E-state index is 0.192. The molecule has 148 valence electrons. The number of sulfonamides is 1. The molecule has 3 rings (SSSR count). The Balaban J connectivity index is 1.81. The Bertz CT molecular complexity index is 996. The Morgan fingerprint density at radius 1 is 1.11 bits per heavy atom. The first kappa shape index (κ1) is 20.1. The second-order valence-corrected chi connectivity index (χ2v) is 9.08. The van der Waals surface area contributed by atoms with Gasteiger partial charge in [0.05, 0.1) is 4.90 Å². The predicted octanol–water partition coefficient (Wildman–Crippen LogP) is 2.76. The summed E-state index contributed by atoms with van der Waals surface area (Å²) in [5.41, 5.74) is 2.66. The number of fused-ring (bicyclic) bond motifs is 1. The molecule has 0 saturated carbocycles. The number of rotatable bonds is 6. The van der Waals surface area contributed by atoms with Crippen LogP contribution in [0.2, 0.25) is 0 Å². The summed E-state index contributed by atoms with van der Waals surface area (Å²) < 4.78 is 27.0. The van der Waals surface area contributed by atoms with Gasteiger partial charge in [-0.1, -0.05) is 55.8 Å². The number of hydrogen-bond donors (Lipinski definition) is 2. The Hall–Kier alpha value is -2.67. The largest absolute Gasteiger partial charge is 0.350 e. The molecule has 0 spiro atoms. The van der Waals surface area contributed by atoms with Crippen molar-refractivity contribution in [2.24, 2.45) is 10.9 Å². The first-order valence-electron chi connectivity index (χ1n) is 9.29. The van der Waals surface area contributed by atoms with Gasteiger partial charge in [-0.15, -0.1) is 0 Å². The maximum Gasteiger partial charge on any atom is 0.263 e. The van der Waals surface area contributed by atoms with Crippen molar-refractivity contribution in [1.82, 2.24) is 10.0 Å². The first-order valence-corrected chi connectivity index (χ1v) is 10.8. The van der Waals surface area contributed by atoms with Crippen LogP contribution in [-0.2, 0) is 21.4 Å². The number of nitrogens with one attached hydrogen (secondary N) is 2. The number of amidine groups is 1. The summed E-state index contributed by atoms with van der Waals surface area (Å²) in [7, 11) is -3.63. The van der Waals surface area contributed by atoms with Crippen molar-refractivity contribution in [2.45, 2.75) is 44.7 Å². The molecular weight excluding hydrogens is 374 g/mol. The molecule has 7 heteroatoms. The monoisotopic (exact) mass is 399 g/mol. The van der Waals surface area contributed by atoms with Crippen molar-refractivity contribution >= 4 is 21.8 Å². The molecule has 2 aromatic rings. The van der Waals surface area contributed by atoms with Crippen molar-refractivity contribution in [3.8, 4) is 0 Å². The molecule has 1 aliphatic heterocycles. The molecule has 0 bridgehead atoms. The number of carbonyl (C=O) groups is 1. The third kappa shape index (κ3) is 4.59. The van der Waals surface area contributed by atoms with Crippen molar-refractivity contribution in [2.75, 3.05) is 0 Å². The van der Waals surface area contributed by atoms with Crippen molar-refractivity contribution in [1.29, 1.82) is 0 Å². The minimum atomic E-state index is -3.63. The molecule has 0 fully saturated rings. The van der Waals surface area contributed by atoms with Crippen molar-refractivity contribution in [3.63, 3.8) is 0 Å². The SMILES string of the molecule is Cc1ccc(CNC(=O)[C@H](CC(C)C)N=C2NS(=O)(=O)c3ccccc32)cc1. The highest BCUT2D eigenvalue weighted by atomic mass is 32.2. The van der Waals surface area contributed by atoms with Gasteiger partial charge in [-0.3, -0.25) is 14.5 Å². The molecule has 0 unspecified atom stereocenters.